The number of aromatic nitrogens is 1. The van der Waals surface area contributed by atoms with Crippen LogP contribution in [-0.2, 0) is 0 Å². The second-order valence-corrected chi connectivity index (χ2v) is 7.13. The number of fused-ring (bicyclic) bond motifs is 1. The summed E-state index contributed by atoms with van der Waals surface area (Å²) >= 11 is 1.42. The van der Waals surface area contributed by atoms with Gasteiger partial charge in [-0.05, 0) is 12.1 Å². The van der Waals surface area contributed by atoms with Crippen LogP contribution < -0.4 is 9.80 Å². The number of hydrogen-bond acceptors (Lipinski definition) is 8. The highest BCUT2D eigenvalue weighted by Gasteiger charge is 2.24. The van der Waals surface area contributed by atoms with E-state index in [1.54, 1.807) is 30.3 Å². The van der Waals surface area contributed by atoms with Crippen LogP contribution in [0.3, 0.4) is 0 Å². The van der Waals surface area contributed by atoms with Gasteiger partial charge in [-0.25, -0.2) is 4.98 Å². The molecule has 1 saturated heterocycles. The minimum Gasteiger partial charge on any atom is -0.362 e. The number of rotatable bonds is 4. The van der Waals surface area contributed by atoms with E-state index in [4.69, 9.17) is 0 Å². The first-order valence-electron chi connectivity index (χ1n) is 8.31. The lowest BCUT2D eigenvalue weighted by Gasteiger charge is -2.35. The normalized spacial score (nSPS) is 14.5. The summed E-state index contributed by atoms with van der Waals surface area (Å²) in [4.78, 5) is 30.1. The van der Waals surface area contributed by atoms with Crippen molar-refractivity contribution in [1.29, 1.82) is 0 Å². The number of benzene rings is 2. The molecule has 2 aromatic carbocycles. The van der Waals surface area contributed by atoms with Gasteiger partial charge in [0.25, 0.3) is 11.4 Å². The largest absolute Gasteiger partial charge is 0.362 e. The Morgan fingerprint density at radius 3 is 2.33 bits per heavy atom. The summed E-state index contributed by atoms with van der Waals surface area (Å²) in [5.41, 5.74) is 1.53. The third-order valence-corrected chi connectivity index (χ3v) is 5.62. The molecule has 0 saturated carbocycles. The average molecular weight is 385 g/mol. The Kier molecular flexibility index (Phi) is 4.32. The van der Waals surface area contributed by atoms with E-state index in [1.807, 2.05) is 4.90 Å². The highest BCUT2D eigenvalue weighted by Crippen LogP contribution is 2.33. The van der Waals surface area contributed by atoms with E-state index in [2.05, 4.69) is 9.88 Å². The van der Waals surface area contributed by atoms with E-state index in [1.165, 1.54) is 23.5 Å². The standard InChI is InChI=1S/C17H15N5O4S/c23-21(24)12-5-6-13-16(11-12)27-17(18-13)20-9-7-19(8-10-20)14-3-1-2-4-15(14)22(25)26/h1-6,11H,7-10H2. The molecule has 1 aliphatic rings. The molecule has 1 aliphatic heterocycles. The van der Waals surface area contributed by atoms with Gasteiger partial charge in [-0.1, -0.05) is 23.5 Å². The molecule has 0 aliphatic carbocycles. The summed E-state index contributed by atoms with van der Waals surface area (Å²) in [6.45, 7) is 2.63. The molecule has 10 heteroatoms. The number of nitro groups is 2. The monoisotopic (exact) mass is 385 g/mol. The number of non-ortho nitro benzene ring substituents is 1. The predicted octanol–water partition coefficient (Wildman–Crippen LogP) is 3.44. The van der Waals surface area contributed by atoms with Crippen molar-refractivity contribution >= 4 is 43.7 Å². The first kappa shape index (κ1) is 17.2. The number of para-hydroxylation sites is 2. The fourth-order valence-corrected chi connectivity index (χ4v) is 4.22. The fraction of sp³-hybridized carbons (Fsp3) is 0.235. The molecular weight excluding hydrogens is 370 g/mol. The lowest BCUT2D eigenvalue weighted by atomic mass is 10.2. The molecule has 0 amide bonds. The molecule has 0 atom stereocenters. The van der Waals surface area contributed by atoms with Crippen LogP contribution in [0, 0.1) is 20.2 Å². The number of nitro benzene ring substituents is 2. The summed E-state index contributed by atoms with van der Waals surface area (Å²) in [6, 6.07) is 11.4. The second-order valence-electron chi connectivity index (χ2n) is 6.13. The molecule has 2 heterocycles. The zero-order valence-electron chi connectivity index (χ0n) is 14.1. The van der Waals surface area contributed by atoms with Gasteiger partial charge < -0.3 is 9.80 Å². The van der Waals surface area contributed by atoms with Crippen LogP contribution in [0.2, 0.25) is 0 Å². The Bertz CT molecular complexity index is 1030. The topological polar surface area (TPSA) is 106 Å². The van der Waals surface area contributed by atoms with Gasteiger partial charge in [-0.15, -0.1) is 0 Å². The Morgan fingerprint density at radius 2 is 1.63 bits per heavy atom. The van der Waals surface area contributed by atoms with E-state index in [-0.39, 0.29) is 16.3 Å². The molecule has 1 aromatic heterocycles. The highest BCUT2D eigenvalue weighted by molar-refractivity contribution is 7.22. The van der Waals surface area contributed by atoms with Gasteiger partial charge in [0.15, 0.2) is 5.13 Å². The SMILES string of the molecule is O=[N+]([O-])c1ccc2nc(N3CCN(c4ccccc4[N+](=O)[O-])CC3)sc2c1. The third kappa shape index (κ3) is 3.26. The molecule has 0 spiro atoms. The van der Waals surface area contributed by atoms with Crippen LogP contribution in [0.4, 0.5) is 22.2 Å². The first-order valence-corrected chi connectivity index (χ1v) is 9.13. The zero-order chi connectivity index (χ0) is 19.0. The van der Waals surface area contributed by atoms with Gasteiger partial charge in [-0.2, -0.15) is 0 Å². The summed E-state index contributed by atoms with van der Waals surface area (Å²) in [6.07, 6.45) is 0. The van der Waals surface area contributed by atoms with Crippen LogP contribution in [0.5, 0.6) is 0 Å². The third-order valence-electron chi connectivity index (χ3n) is 4.54. The van der Waals surface area contributed by atoms with E-state index < -0.39 is 4.92 Å². The van der Waals surface area contributed by atoms with Gasteiger partial charge in [0.2, 0.25) is 0 Å². The molecule has 0 N–H and O–H groups in total. The Morgan fingerprint density at radius 1 is 0.926 bits per heavy atom. The van der Waals surface area contributed by atoms with E-state index in [9.17, 15) is 20.2 Å². The van der Waals surface area contributed by atoms with Crippen LogP contribution in [0.25, 0.3) is 10.2 Å². The predicted molar refractivity (Wildman–Crippen MR) is 104 cm³/mol. The molecule has 27 heavy (non-hydrogen) atoms. The van der Waals surface area contributed by atoms with Crippen LogP contribution in [-0.4, -0.2) is 41.0 Å². The van der Waals surface area contributed by atoms with Crippen LogP contribution in [0.1, 0.15) is 0 Å². The Balaban J connectivity index is 1.52. The first-order chi connectivity index (χ1) is 13.0. The van der Waals surface area contributed by atoms with E-state index >= 15 is 0 Å². The van der Waals surface area contributed by atoms with Crippen molar-refractivity contribution in [2.24, 2.45) is 0 Å². The van der Waals surface area contributed by atoms with Crippen molar-refractivity contribution in [3.8, 4) is 0 Å². The fourth-order valence-electron chi connectivity index (χ4n) is 3.17. The van der Waals surface area contributed by atoms with Crippen molar-refractivity contribution in [3.05, 3.63) is 62.7 Å². The zero-order valence-corrected chi connectivity index (χ0v) is 15.0. The number of thiazole rings is 1. The van der Waals surface area contributed by atoms with Gasteiger partial charge in [0.05, 0.1) is 20.1 Å². The Labute approximate surface area is 157 Å². The second kappa shape index (κ2) is 6.80. The van der Waals surface area contributed by atoms with Gasteiger partial charge >= 0.3 is 0 Å². The molecule has 0 bridgehead atoms. The number of hydrogen-bond donors (Lipinski definition) is 0. The molecule has 0 unspecified atom stereocenters. The number of piperazine rings is 1. The van der Waals surface area contributed by atoms with Crippen molar-refractivity contribution in [2.75, 3.05) is 36.0 Å². The molecule has 3 aromatic rings. The molecule has 138 valence electrons. The molecule has 0 radical (unpaired) electrons. The van der Waals surface area contributed by atoms with Crippen LogP contribution in [0.15, 0.2) is 42.5 Å². The number of nitrogens with zero attached hydrogens (tertiary/aromatic N) is 5. The highest BCUT2D eigenvalue weighted by atomic mass is 32.1. The summed E-state index contributed by atoms with van der Waals surface area (Å²) in [5, 5.41) is 23.0. The van der Waals surface area contributed by atoms with Crippen LogP contribution >= 0.6 is 11.3 Å². The lowest BCUT2D eigenvalue weighted by Crippen LogP contribution is -2.46. The van der Waals surface area contributed by atoms with Crippen molar-refractivity contribution < 1.29 is 9.85 Å². The van der Waals surface area contributed by atoms with Crippen molar-refractivity contribution in [1.82, 2.24) is 4.98 Å². The lowest BCUT2D eigenvalue weighted by molar-refractivity contribution is -0.384. The minimum atomic E-state index is -0.412. The quantitative estimate of drug-likeness (QED) is 0.500. The minimum absolute atomic E-state index is 0.0545. The maximum absolute atomic E-state index is 11.2. The van der Waals surface area contributed by atoms with E-state index in [0.717, 1.165) is 15.3 Å². The smallest absolute Gasteiger partial charge is 0.292 e. The van der Waals surface area contributed by atoms with Crippen molar-refractivity contribution in [3.63, 3.8) is 0 Å². The number of anilines is 2. The van der Waals surface area contributed by atoms with Gasteiger partial charge in [0.1, 0.15) is 5.69 Å². The van der Waals surface area contributed by atoms with E-state index in [0.29, 0.717) is 31.9 Å². The summed E-state index contributed by atoms with van der Waals surface area (Å²) in [7, 11) is 0. The molecular formula is C17H15N5O4S. The average Bonchev–Trinajstić information content (AvgIpc) is 3.11. The van der Waals surface area contributed by atoms with Gasteiger partial charge in [0, 0.05) is 44.4 Å². The maximum Gasteiger partial charge on any atom is 0.292 e. The van der Waals surface area contributed by atoms with Gasteiger partial charge in [-0.3, -0.25) is 20.2 Å². The molecule has 1 fully saturated rings. The summed E-state index contributed by atoms with van der Waals surface area (Å²) in [5.74, 6) is 0. The molecule has 4 rings (SSSR count). The Hall–Kier alpha value is -3.27. The van der Waals surface area contributed by atoms with Crippen molar-refractivity contribution in [2.45, 2.75) is 0 Å². The summed E-state index contributed by atoms with van der Waals surface area (Å²) < 4.78 is 0.778. The maximum atomic E-state index is 11.2. The molecule has 9 nitrogen and oxygen atoms in total.